The highest BCUT2D eigenvalue weighted by atomic mass is 79.9. The summed E-state index contributed by atoms with van der Waals surface area (Å²) in [5.74, 6) is 0. The van der Waals surface area contributed by atoms with Crippen molar-refractivity contribution < 1.29 is 13.2 Å². The Morgan fingerprint density at radius 2 is 1.81 bits per heavy atom. The van der Waals surface area contributed by atoms with E-state index < -0.39 is 11.7 Å². The second kappa shape index (κ2) is 7.62. The van der Waals surface area contributed by atoms with Gasteiger partial charge in [0.15, 0.2) is 0 Å². The number of hydrogen-bond donors (Lipinski definition) is 2. The minimum absolute atomic E-state index is 0.0264. The van der Waals surface area contributed by atoms with Gasteiger partial charge in [-0.05, 0) is 49.6 Å². The van der Waals surface area contributed by atoms with Crippen LogP contribution in [0.15, 0.2) is 40.9 Å². The van der Waals surface area contributed by atoms with Crippen molar-refractivity contribution in [3.8, 4) is 11.3 Å². The molecule has 2 aromatic carbocycles. The molecule has 0 amide bonds. The molecule has 1 heterocycles. The number of alkyl halides is 3. The second-order valence-electron chi connectivity index (χ2n) is 6.05. The van der Waals surface area contributed by atoms with Crippen molar-refractivity contribution in [1.29, 1.82) is 0 Å². The molecular weight excluding hydrogens is 429 g/mol. The van der Waals surface area contributed by atoms with Crippen molar-refractivity contribution in [2.75, 3.05) is 6.54 Å². The van der Waals surface area contributed by atoms with E-state index in [4.69, 9.17) is 17.3 Å². The van der Waals surface area contributed by atoms with E-state index in [-0.39, 0.29) is 5.52 Å². The molecular formula is C19H17BrClF3N2. The largest absolute Gasteiger partial charge is 0.418 e. The van der Waals surface area contributed by atoms with Gasteiger partial charge < -0.3 is 10.7 Å². The van der Waals surface area contributed by atoms with E-state index in [9.17, 15) is 13.2 Å². The molecule has 0 aliphatic heterocycles. The highest BCUT2D eigenvalue weighted by molar-refractivity contribution is 9.10. The van der Waals surface area contributed by atoms with Crippen molar-refractivity contribution in [2.45, 2.75) is 25.4 Å². The van der Waals surface area contributed by atoms with Crippen LogP contribution in [-0.2, 0) is 12.6 Å². The predicted octanol–water partition coefficient (Wildman–Crippen LogP) is 6.55. The van der Waals surface area contributed by atoms with Gasteiger partial charge in [0.2, 0.25) is 0 Å². The number of aromatic amines is 1. The summed E-state index contributed by atoms with van der Waals surface area (Å²) in [6, 6.07) is 9.77. The highest BCUT2D eigenvalue weighted by Crippen LogP contribution is 2.43. The summed E-state index contributed by atoms with van der Waals surface area (Å²) >= 11 is 9.80. The van der Waals surface area contributed by atoms with Crippen molar-refractivity contribution in [2.24, 2.45) is 5.73 Å². The third kappa shape index (κ3) is 3.63. The van der Waals surface area contributed by atoms with Gasteiger partial charge in [-0.25, -0.2) is 0 Å². The second-order valence-corrected chi connectivity index (χ2v) is 7.31. The molecule has 0 saturated heterocycles. The first-order valence-electron chi connectivity index (χ1n) is 8.19. The number of aryl methyl sites for hydroxylation is 1. The Hall–Kier alpha value is -1.50. The number of nitrogens with two attached hydrogens (primary N) is 1. The van der Waals surface area contributed by atoms with E-state index >= 15 is 0 Å². The summed E-state index contributed by atoms with van der Waals surface area (Å²) in [6.07, 6.45) is -2.31. The fourth-order valence-electron chi connectivity index (χ4n) is 3.15. The van der Waals surface area contributed by atoms with Gasteiger partial charge in [-0.2, -0.15) is 13.2 Å². The molecule has 0 fully saturated rings. The first-order chi connectivity index (χ1) is 12.3. The van der Waals surface area contributed by atoms with Crippen LogP contribution in [-0.4, -0.2) is 11.5 Å². The third-order valence-electron chi connectivity index (χ3n) is 4.34. The number of nitrogens with one attached hydrogen (secondary N) is 1. The smallest absolute Gasteiger partial charge is 0.354 e. The Labute approximate surface area is 162 Å². The van der Waals surface area contributed by atoms with E-state index in [1.165, 1.54) is 6.07 Å². The van der Waals surface area contributed by atoms with Crippen molar-refractivity contribution in [1.82, 2.24) is 4.98 Å². The summed E-state index contributed by atoms with van der Waals surface area (Å²) in [4.78, 5) is 3.00. The van der Waals surface area contributed by atoms with Crippen LogP contribution in [0.5, 0.6) is 0 Å². The van der Waals surface area contributed by atoms with Gasteiger partial charge >= 0.3 is 6.18 Å². The van der Waals surface area contributed by atoms with Gasteiger partial charge in [-0.15, -0.1) is 0 Å². The average Bonchev–Trinajstić information content (AvgIpc) is 2.95. The van der Waals surface area contributed by atoms with Gasteiger partial charge in [0.1, 0.15) is 0 Å². The molecule has 2 nitrogen and oxygen atoms in total. The van der Waals surface area contributed by atoms with Crippen LogP contribution in [0.2, 0.25) is 5.02 Å². The van der Waals surface area contributed by atoms with Crippen LogP contribution in [0.4, 0.5) is 13.2 Å². The van der Waals surface area contributed by atoms with Crippen LogP contribution in [0.25, 0.3) is 22.2 Å². The summed E-state index contributed by atoms with van der Waals surface area (Å²) in [7, 11) is 0. The number of unbranched alkanes of at least 4 members (excludes halogenated alkanes) is 1. The van der Waals surface area contributed by atoms with Crippen molar-refractivity contribution in [3.63, 3.8) is 0 Å². The zero-order valence-electron chi connectivity index (χ0n) is 13.8. The Bertz CT molecular complexity index is 934. The number of benzene rings is 2. The lowest BCUT2D eigenvalue weighted by Gasteiger charge is -2.09. The van der Waals surface area contributed by atoms with Gasteiger partial charge in [-0.3, -0.25) is 0 Å². The topological polar surface area (TPSA) is 41.8 Å². The normalized spacial score (nSPS) is 12.1. The van der Waals surface area contributed by atoms with Crippen LogP contribution in [0, 0.1) is 0 Å². The Balaban J connectivity index is 2.31. The molecule has 0 aliphatic carbocycles. The molecule has 3 aromatic rings. The summed E-state index contributed by atoms with van der Waals surface area (Å²) in [6.45, 7) is 0.536. The molecule has 138 valence electrons. The number of aromatic nitrogens is 1. The minimum Gasteiger partial charge on any atom is -0.354 e. The Morgan fingerprint density at radius 1 is 1.08 bits per heavy atom. The fraction of sp³-hybridized carbons (Fsp3) is 0.263. The van der Waals surface area contributed by atoms with E-state index in [1.807, 2.05) is 24.3 Å². The maximum absolute atomic E-state index is 13.5. The van der Waals surface area contributed by atoms with Gasteiger partial charge in [0.05, 0.1) is 21.8 Å². The first-order valence-corrected chi connectivity index (χ1v) is 9.37. The van der Waals surface area contributed by atoms with Crippen molar-refractivity contribution in [3.05, 3.63) is 57.0 Å². The lowest BCUT2D eigenvalue weighted by atomic mass is 9.99. The van der Waals surface area contributed by atoms with E-state index in [1.54, 1.807) is 0 Å². The molecule has 3 rings (SSSR count). The number of hydrogen-bond acceptors (Lipinski definition) is 1. The molecule has 0 radical (unpaired) electrons. The molecule has 1 aromatic heterocycles. The van der Waals surface area contributed by atoms with E-state index in [0.29, 0.717) is 29.1 Å². The monoisotopic (exact) mass is 444 g/mol. The summed E-state index contributed by atoms with van der Waals surface area (Å²) in [5.41, 5.74) is 7.13. The Morgan fingerprint density at radius 3 is 2.46 bits per heavy atom. The number of halogens is 5. The third-order valence-corrected chi connectivity index (χ3v) is 5.34. The number of H-pyrrole nitrogens is 1. The predicted molar refractivity (Wildman–Crippen MR) is 103 cm³/mol. The summed E-state index contributed by atoms with van der Waals surface area (Å²) < 4.78 is 41.3. The molecule has 26 heavy (non-hydrogen) atoms. The molecule has 0 aliphatic rings. The zero-order valence-corrected chi connectivity index (χ0v) is 16.1. The van der Waals surface area contributed by atoms with Crippen LogP contribution in [0.1, 0.15) is 24.0 Å². The maximum Gasteiger partial charge on any atom is 0.418 e. The van der Waals surface area contributed by atoms with Gasteiger partial charge in [0, 0.05) is 15.4 Å². The van der Waals surface area contributed by atoms with Crippen LogP contribution < -0.4 is 5.73 Å². The molecule has 0 atom stereocenters. The number of fused-ring (bicyclic) bond motifs is 1. The zero-order chi connectivity index (χ0) is 18.9. The molecule has 0 spiro atoms. The SMILES string of the molecule is NCCCCc1c(-c2ccccc2Br)[nH]c2c(C(F)(F)F)ccc(Cl)c12. The fourth-order valence-corrected chi connectivity index (χ4v) is 3.91. The van der Waals surface area contributed by atoms with Crippen LogP contribution >= 0.6 is 27.5 Å². The molecule has 0 saturated carbocycles. The lowest BCUT2D eigenvalue weighted by Crippen LogP contribution is -2.05. The average molecular weight is 446 g/mol. The molecule has 0 unspecified atom stereocenters. The minimum atomic E-state index is -4.46. The van der Waals surface area contributed by atoms with Crippen molar-refractivity contribution >= 4 is 38.4 Å². The van der Waals surface area contributed by atoms with E-state index in [2.05, 4.69) is 20.9 Å². The summed E-state index contributed by atoms with van der Waals surface area (Å²) in [5, 5.41) is 0.745. The molecule has 7 heteroatoms. The lowest BCUT2D eigenvalue weighted by molar-refractivity contribution is -0.136. The van der Waals surface area contributed by atoms with E-state index in [0.717, 1.165) is 34.5 Å². The maximum atomic E-state index is 13.5. The molecule has 0 bridgehead atoms. The highest BCUT2D eigenvalue weighted by Gasteiger charge is 2.34. The Kier molecular flexibility index (Phi) is 5.65. The van der Waals surface area contributed by atoms with Crippen LogP contribution in [0.3, 0.4) is 0 Å². The first kappa shape index (κ1) is 19.3. The van der Waals surface area contributed by atoms with Gasteiger partial charge in [0.25, 0.3) is 0 Å². The quantitative estimate of drug-likeness (QED) is 0.430. The number of rotatable bonds is 5. The standard InChI is InChI=1S/C19H17BrClF3N2/c20-14-7-2-1-5-11(14)17-12(6-3-4-10-25)16-15(21)9-8-13(18(16)26-17)19(22,23)24/h1-2,5,7-9,26H,3-4,6,10,25H2. The molecule has 3 N–H and O–H groups in total. The van der Waals surface area contributed by atoms with Gasteiger partial charge in [-0.1, -0.05) is 45.7 Å².